The highest BCUT2D eigenvalue weighted by Gasteiger charge is 2.62. The lowest BCUT2D eigenvalue weighted by Crippen LogP contribution is -2.59. The van der Waals surface area contributed by atoms with Gasteiger partial charge in [-0.05, 0) is 56.4 Å². The molecule has 4 aliphatic rings. The summed E-state index contributed by atoms with van der Waals surface area (Å²) in [6, 6.07) is 5.03. The number of sulfonamides is 1. The molecule has 1 aromatic carbocycles. The Kier molecular flexibility index (Phi) is 11.0. The number of aromatic nitrogens is 1. The van der Waals surface area contributed by atoms with Crippen LogP contribution in [0.1, 0.15) is 58.8 Å². The number of hydrogen-bond donors (Lipinski definition) is 4. The van der Waals surface area contributed by atoms with E-state index in [0.29, 0.717) is 50.0 Å². The lowest BCUT2D eigenvalue weighted by atomic mass is 9.88. The molecule has 4 N–H and O–H groups in total. The molecular formula is C36H47N5O10S. The van der Waals surface area contributed by atoms with E-state index in [-0.39, 0.29) is 31.2 Å². The molecular weight excluding hydrogens is 694 g/mol. The zero-order valence-electron chi connectivity index (χ0n) is 29.6. The molecule has 6 rings (SSSR count). The second-order valence-corrected chi connectivity index (χ2v) is 16.5. The van der Waals surface area contributed by atoms with Crippen LogP contribution in [-0.4, -0.2) is 103 Å². The van der Waals surface area contributed by atoms with Gasteiger partial charge in [0.2, 0.25) is 27.7 Å². The Morgan fingerprint density at radius 3 is 2.56 bits per heavy atom. The molecule has 1 saturated heterocycles. The topological polar surface area (TPSA) is 203 Å². The van der Waals surface area contributed by atoms with Crippen molar-refractivity contribution in [2.45, 2.75) is 87.8 Å². The molecule has 15 nitrogen and oxygen atoms in total. The van der Waals surface area contributed by atoms with E-state index < -0.39 is 74.7 Å². The van der Waals surface area contributed by atoms with E-state index in [2.05, 4.69) is 20.3 Å². The van der Waals surface area contributed by atoms with Crippen molar-refractivity contribution in [1.29, 1.82) is 0 Å². The zero-order chi connectivity index (χ0) is 37.2. The number of carbonyl (C=O) groups excluding carboxylic acids is 3. The predicted molar refractivity (Wildman–Crippen MR) is 189 cm³/mol. The molecule has 0 radical (unpaired) electrons. The number of methoxy groups -OCH3 is 1. The van der Waals surface area contributed by atoms with Gasteiger partial charge in [-0.15, -0.1) is 0 Å². The number of pyridine rings is 1. The van der Waals surface area contributed by atoms with Crippen LogP contribution >= 0.6 is 0 Å². The fourth-order valence-corrected chi connectivity index (χ4v) is 8.74. The second-order valence-electron chi connectivity index (χ2n) is 14.5. The largest absolute Gasteiger partial charge is 0.489 e. The maximum Gasteiger partial charge on any atom is 0.405 e. The highest BCUT2D eigenvalue weighted by molar-refractivity contribution is 7.91. The predicted octanol–water partition coefficient (Wildman–Crippen LogP) is 2.74. The molecule has 2 saturated carbocycles. The summed E-state index contributed by atoms with van der Waals surface area (Å²) in [5.41, 5.74) is -1.53. The molecule has 0 spiro atoms. The monoisotopic (exact) mass is 741 g/mol. The third-order valence-electron chi connectivity index (χ3n) is 10.4. The minimum atomic E-state index is -3.91. The molecule has 3 heterocycles. The van der Waals surface area contributed by atoms with Crippen molar-refractivity contribution in [3.05, 3.63) is 42.6 Å². The molecule has 1 aromatic heterocycles. The molecule has 16 heteroatoms. The van der Waals surface area contributed by atoms with Gasteiger partial charge in [0.25, 0.3) is 5.91 Å². The van der Waals surface area contributed by atoms with Gasteiger partial charge in [-0.2, -0.15) is 0 Å². The Morgan fingerprint density at radius 1 is 1.10 bits per heavy atom. The van der Waals surface area contributed by atoms with Crippen molar-refractivity contribution in [2.24, 2.45) is 17.8 Å². The van der Waals surface area contributed by atoms with Crippen molar-refractivity contribution in [3.8, 4) is 11.6 Å². The number of nitrogens with zero attached hydrogens (tertiary/aromatic N) is 2. The quantitative estimate of drug-likeness (QED) is 0.206. The third-order valence-corrected chi connectivity index (χ3v) is 12.3. The maximum atomic E-state index is 14.4. The van der Waals surface area contributed by atoms with Crippen LogP contribution in [0.15, 0.2) is 42.6 Å². The van der Waals surface area contributed by atoms with Crippen LogP contribution in [0.25, 0.3) is 10.8 Å². The highest BCUT2D eigenvalue weighted by Crippen LogP contribution is 2.46. The molecule has 2 aliphatic heterocycles. The molecule has 282 valence electrons. The van der Waals surface area contributed by atoms with Gasteiger partial charge < -0.3 is 34.9 Å². The van der Waals surface area contributed by atoms with Crippen LogP contribution in [0.5, 0.6) is 11.6 Å². The number of ether oxygens (including phenoxy) is 3. The van der Waals surface area contributed by atoms with E-state index in [4.69, 9.17) is 14.2 Å². The Balaban J connectivity index is 1.32. The van der Waals surface area contributed by atoms with E-state index in [1.807, 2.05) is 50.3 Å². The normalized spacial score (nSPS) is 29.6. The van der Waals surface area contributed by atoms with E-state index in [0.717, 1.165) is 11.8 Å². The van der Waals surface area contributed by atoms with Crippen LogP contribution in [0.4, 0.5) is 4.79 Å². The van der Waals surface area contributed by atoms with Gasteiger partial charge in [-0.1, -0.05) is 44.2 Å². The molecule has 2 aliphatic carbocycles. The molecule has 4 amide bonds. The molecule has 0 bridgehead atoms. The number of amides is 4. The third kappa shape index (κ3) is 8.12. The average Bonchev–Trinajstić information content (AvgIpc) is 4.03. The van der Waals surface area contributed by atoms with Crippen molar-refractivity contribution >= 4 is 44.6 Å². The minimum absolute atomic E-state index is 0.00280. The fourth-order valence-electron chi connectivity index (χ4n) is 7.37. The fraction of sp³-hybridized carbons (Fsp3) is 0.583. The van der Waals surface area contributed by atoms with Gasteiger partial charge in [0.1, 0.15) is 36.1 Å². The summed E-state index contributed by atoms with van der Waals surface area (Å²) in [5.74, 6) is -2.03. The van der Waals surface area contributed by atoms with Gasteiger partial charge in [0, 0.05) is 30.2 Å². The van der Waals surface area contributed by atoms with Crippen molar-refractivity contribution in [2.75, 3.05) is 26.9 Å². The minimum Gasteiger partial charge on any atom is -0.489 e. The van der Waals surface area contributed by atoms with Crippen LogP contribution in [0.2, 0.25) is 0 Å². The summed E-state index contributed by atoms with van der Waals surface area (Å²) in [4.78, 5) is 60.1. The number of hydrogen-bond acceptors (Lipinski definition) is 10. The standard InChI is InChI=1S/C36H47N5O10S/c1-21-8-4-5-9-23-18-36(23,34(44)40-52(47,48)25-12-13-25)39-31(42)28-17-24(20-41(28)33(43)30(22(2)16-21)38-35(45)46)51-32-27-11-7-6-10-26(27)29(19-37-32)50-15-14-49-3/h5-7,9-11,19,21-25,28,30,38H,4,8,12-18,20H2,1-3H3,(H,39,42)(H,40,44)(H,45,46)/t21-,22-,23-,24-,28+,30+,36-/m1/s1. The number of rotatable bonds is 10. The summed E-state index contributed by atoms with van der Waals surface area (Å²) in [5, 5.41) is 15.7. The maximum absolute atomic E-state index is 14.4. The summed E-state index contributed by atoms with van der Waals surface area (Å²) in [7, 11) is -2.33. The Bertz CT molecular complexity index is 1830. The number of benzene rings is 1. The Hall–Kier alpha value is -4.44. The van der Waals surface area contributed by atoms with Gasteiger partial charge >= 0.3 is 6.09 Å². The van der Waals surface area contributed by atoms with Crippen molar-refractivity contribution in [1.82, 2.24) is 25.2 Å². The van der Waals surface area contributed by atoms with Gasteiger partial charge in [-0.25, -0.2) is 18.2 Å². The lowest BCUT2D eigenvalue weighted by molar-refractivity contribution is -0.142. The van der Waals surface area contributed by atoms with Crippen LogP contribution in [-0.2, 0) is 29.1 Å². The number of fused-ring (bicyclic) bond motifs is 3. The number of nitrogens with one attached hydrogen (secondary N) is 3. The van der Waals surface area contributed by atoms with E-state index >= 15 is 0 Å². The summed E-state index contributed by atoms with van der Waals surface area (Å²) in [6.45, 7) is 4.46. The summed E-state index contributed by atoms with van der Waals surface area (Å²) < 4.78 is 45.2. The number of carboxylic acid groups (broad SMARTS) is 1. The van der Waals surface area contributed by atoms with Crippen LogP contribution < -0.4 is 24.8 Å². The van der Waals surface area contributed by atoms with Crippen molar-refractivity contribution < 1.29 is 46.9 Å². The first kappa shape index (κ1) is 37.3. The highest BCUT2D eigenvalue weighted by atomic mass is 32.2. The smallest absolute Gasteiger partial charge is 0.405 e. The molecule has 52 heavy (non-hydrogen) atoms. The zero-order valence-corrected chi connectivity index (χ0v) is 30.4. The Labute approximate surface area is 302 Å². The molecule has 0 unspecified atom stereocenters. The lowest BCUT2D eigenvalue weighted by Gasteiger charge is -2.32. The second kappa shape index (κ2) is 15.3. The van der Waals surface area contributed by atoms with E-state index in [1.54, 1.807) is 7.11 Å². The van der Waals surface area contributed by atoms with Crippen LogP contribution in [0, 0.1) is 17.8 Å². The number of carbonyl (C=O) groups is 4. The molecule has 7 atom stereocenters. The van der Waals surface area contributed by atoms with E-state index in [9.17, 15) is 32.7 Å². The average molecular weight is 742 g/mol. The van der Waals surface area contributed by atoms with Gasteiger partial charge in [-0.3, -0.25) is 19.1 Å². The van der Waals surface area contributed by atoms with Gasteiger partial charge in [0.05, 0.1) is 24.6 Å². The van der Waals surface area contributed by atoms with Gasteiger partial charge in [0.15, 0.2) is 0 Å². The number of allylic oxidation sites excluding steroid dienone is 1. The first-order valence-corrected chi connectivity index (χ1v) is 19.4. The summed E-state index contributed by atoms with van der Waals surface area (Å²) in [6.07, 6.45) is 6.23. The first-order valence-electron chi connectivity index (χ1n) is 17.8. The molecule has 2 aromatic rings. The molecule has 3 fully saturated rings. The van der Waals surface area contributed by atoms with Crippen LogP contribution in [0.3, 0.4) is 0 Å². The van der Waals surface area contributed by atoms with Crippen molar-refractivity contribution in [3.63, 3.8) is 0 Å². The first-order chi connectivity index (χ1) is 24.8. The van der Waals surface area contributed by atoms with E-state index in [1.165, 1.54) is 11.1 Å². The Morgan fingerprint density at radius 2 is 1.85 bits per heavy atom. The SMILES string of the molecule is COCCOc1cnc(O[C@@H]2C[C@H]3C(=O)N[C@]4(C(=O)NS(=O)(=O)C5CC5)C[C@H]4C=CCC[C@@H](C)C[C@@H](C)[C@H](NC(=O)O)C(=O)N3C2)c2ccccc12. The summed E-state index contributed by atoms with van der Waals surface area (Å²) >= 11 is 0.